The third kappa shape index (κ3) is 6.16. The minimum Gasteiger partial charge on any atom is -0.271 e. The van der Waals surface area contributed by atoms with Crippen molar-refractivity contribution in [3.05, 3.63) is 93.4 Å². The molecule has 1 N–H and O–H groups in total. The molecule has 3 rings (SSSR count). The first-order chi connectivity index (χ1) is 16.0. The van der Waals surface area contributed by atoms with Crippen LogP contribution in [0.1, 0.15) is 11.1 Å². The lowest BCUT2D eigenvalue weighted by Gasteiger charge is -2.24. The Kier molecular flexibility index (Phi) is 8.01. The van der Waals surface area contributed by atoms with E-state index in [0.29, 0.717) is 20.4 Å². The molecule has 0 aliphatic rings. The van der Waals surface area contributed by atoms with E-state index in [-0.39, 0.29) is 10.6 Å². The molecule has 12 heteroatoms. The SMILES string of the molecule is O=C(CN(c1ccc(Cl)c(C(F)(F)F)c1)S(=O)(=O)c1ccccc1)N/N=C/c1ccccc1Br. The summed E-state index contributed by atoms with van der Waals surface area (Å²) in [7, 11) is -4.41. The van der Waals surface area contributed by atoms with Crippen LogP contribution in [0.2, 0.25) is 5.02 Å². The van der Waals surface area contributed by atoms with Crippen molar-refractivity contribution in [3.8, 4) is 0 Å². The average Bonchev–Trinajstić information content (AvgIpc) is 2.79. The highest BCUT2D eigenvalue weighted by molar-refractivity contribution is 9.10. The third-order valence-corrected chi connectivity index (χ3v) is 7.30. The Bertz CT molecular complexity index is 1320. The van der Waals surface area contributed by atoms with E-state index in [2.05, 4.69) is 26.5 Å². The third-order valence-electron chi connectivity index (χ3n) is 4.46. The van der Waals surface area contributed by atoms with Crippen LogP contribution in [0.4, 0.5) is 18.9 Å². The molecule has 34 heavy (non-hydrogen) atoms. The normalized spacial score (nSPS) is 12.0. The molecule has 0 bridgehead atoms. The highest BCUT2D eigenvalue weighted by Gasteiger charge is 2.35. The zero-order valence-electron chi connectivity index (χ0n) is 17.1. The van der Waals surface area contributed by atoms with Gasteiger partial charge in [0.25, 0.3) is 15.9 Å². The fourth-order valence-corrected chi connectivity index (χ4v) is 4.89. The summed E-state index contributed by atoms with van der Waals surface area (Å²) in [5.74, 6) is -0.869. The number of anilines is 1. The lowest BCUT2D eigenvalue weighted by molar-refractivity contribution is -0.137. The topological polar surface area (TPSA) is 78.8 Å². The summed E-state index contributed by atoms with van der Waals surface area (Å²) in [6, 6.07) is 16.6. The maximum absolute atomic E-state index is 13.4. The molecule has 0 radical (unpaired) electrons. The number of hydrogen-bond acceptors (Lipinski definition) is 4. The van der Waals surface area contributed by atoms with Crippen molar-refractivity contribution in [2.75, 3.05) is 10.8 Å². The zero-order chi connectivity index (χ0) is 24.9. The maximum atomic E-state index is 13.4. The molecule has 6 nitrogen and oxygen atoms in total. The first kappa shape index (κ1) is 25.7. The maximum Gasteiger partial charge on any atom is 0.417 e. The predicted octanol–water partition coefficient (Wildman–Crippen LogP) is 5.47. The van der Waals surface area contributed by atoms with Crippen molar-refractivity contribution in [1.82, 2.24) is 5.43 Å². The van der Waals surface area contributed by atoms with E-state index in [9.17, 15) is 26.4 Å². The summed E-state index contributed by atoms with van der Waals surface area (Å²) < 4.78 is 67.9. The fraction of sp³-hybridized carbons (Fsp3) is 0.0909. The standard InChI is InChI=1S/C22H16BrClF3N3O3S/c23-19-9-5-4-6-15(19)13-28-29-21(31)14-30(34(32,33)17-7-2-1-3-8-17)16-10-11-20(24)18(12-16)22(25,26)27/h1-13H,14H2,(H,29,31)/b28-13+. The molecule has 0 unspecified atom stereocenters. The minimum atomic E-state index is -4.83. The van der Waals surface area contributed by atoms with E-state index in [1.165, 1.54) is 30.5 Å². The van der Waals surface area contributed by atoms with Crippen LogP contribution >= 0.6 is 27.5 Å². The Morgan fingerprint density at radius 3 is 2.35 bits per heavy atom. The minimum absolute atomic E-state index is 0.206. The van der Waals surface area contributed by atoms with Crippen LogP contribution in [-0.2, 0) is 21.0 Å². The smallest absolute Gasteiger partial charge is 0.271 e. The Morgan fingerprint density at radius 2 is 1.71 bits per heavy atom. The zero-order valence-corrected chi connectivity index (χ0v) is 20.3. The first-order valence-corrected chi connectivity index (χ1v) is 12.1. The average molecular weight is 575 g/mol. The number of hydrazone groups is 1. The summed E-state index contributed by atoms with van der Waals surface area (Å²) in [4.78, 5) is 12.3. The van der Waals surface area contributed by atoms with Gasteiger partial charge in [0.2, 0.25) is 0 Å². The van der Waals surface area contributed by atoms with Gasteiger partial charge in [0.05, 0.1) is 27.4 Å². The molecule has 3 aromatic carbocycles. The van der Waals surface area contributed by atoms with Gasteiger partial charge in [-0.15, -0.1) is 0 Å². The number of carbonyl (C=O) groups is 1. The van der Waals surface area contributed by atoms with Gasteiger partial charge < -0.3 is 0 Å². The van der Waals surface area contributed by atoms with Gasteiger partial charge in [0.15, 0.2) is 0 Å². The molecule has 0 atom stereocenters. The predicted molar refractivity (Wildman–Crippen MR) is 127 cm³/mol. The number of hydrogen-bond donors (Lipinski definition) is 1. The quantitative estimate of drug-likeness (QED) is 0.300. The Labute approximate surface area is 207 Å². The Balaban J connectivity index is 1.95. The number of sulfonamides is 1. The first-order valence-electron chi connectivity index (χ1n) is 9.51. The van der Waals surface area contributed by atoms with Gasteiger partial charge in [-0.1, -0.05) is 63.9 Å². The number of rotatable bonds is 7. The van der Waals surface area contributed by atoms with E-state index in [1.54, 1.807) is 30.3 Å². The molecule has 0 aliphatic carbocycles. The lowest BCUT2D eigenvalue weighted by Crippen LogP contribution is -2.39. The number of alkyl halides is 3. The molecule has 0 heterocycles. The largest absolute Gasteiger partial charge is 0.417 e. The van der Waals surface area contributed by atoms with Gasteiger partial charge in [-0.3, -0.25) is 9.10 Å². The van der Waals surface area contributed by atoms with Crippen LogP contribution in [0.3, 0.4) is 0 Å². The van der Waals surface area contributed by atoms with Gasteiger partial charge >= 0.3 is 6.18 Å². The van der Waals surface area contributed by atoms with Gasteiger partial charge in [-0.05, 0) is 36.4 Å². The van der Waals surface area contributed by atoms with Crippen molar-refractivity contribution in [2.45, 2.75) is 11.1 Å². The highest BCUT2D eigenvalue weighted by Crippen LogP contribution is 2.38. The molecule has 0 aliphatic heterocycles. The van der Waals surface area contributed by atoms with E-state index in [1.807, 2.05) is 0 Å². The molecule has 0 fully saturated rings. The number of halogens is 5. The molecule has 3 aromatic rings. The number of nitrogens with one attached hydrogen (secondary N) is 1. The van der Waals surface area contributed by atoms with Crippen LogP contribution in [0.5, 0.6) is 0 Å². The van der Waals surface area contributed by atoms with Gasteiger partial charge in [-0.2, -0.15) is 18.3 Å². The molecule has 0 aromatic heterocycles. The number of benzene rings is 3. The number of carbonyl (C=O) groups excluding carboxylic acids is 1. The fourth-order valence-electron chi connectivity index (χ4n) is 2.84. The monoisotopic (exact) mass is 573 g/mol. The summed E-state index contributed by atoms with van der Waals surface area (Å²) >= 11 is 8.99. The van der Waals surface area contributed by atoms with Crippen molar-refractivity contribution >= 4 is 55.4 Å². The molecular weight excluding hydrogens is 559 g/mol. The second-order valence-electron chi connectivity index (χ2n) is 6.80. The molecule has 0 saturated carbocycles. The second kappa shape index (κ2) is 10.6. The number of nitrogens with zero attached hydrogens (tertiary/aromatic N) is 2. The number of amides is 1. The van der Waals surface area contributed by atoms with Crippen LogP contribution in [-0.4, -0.2) is 27.1 Å². The second-order valence-corrected chi connectivity index (χ2v) is 9.93. The molecule has 178 valence electrons. The summed E-state index contributed by atoms with van der Waals surface area (Å²) in [5, 5.41) is 3.20. The van der Waals surface area contributed by atoms with Crippen LogP contribution in [0.25, 0.3) is 0 Å². The van der Waals surface area contributed by atoms with E-state index in [0.717, 1.165) is 12.1 Å². The molecule has 0 saturated heterocycles. The van der Waals surface area contributed by atoms with Crippen LogP contribution in [0, 0.1) is 0 Å². The van der Waals surface area contributed by atoms with Crippen molar-refractivity contribution in [3.63, 3.8) is 0 Å². The van der Waals surface area contributed by atoms with Crippen molar-refractivity contribution < 1.29 is 26.4 Å². The Morgan fingerprint density at radius 1 is 1.06 bits per heavy atom. The van der Waals surface area contributed by atoms with Crippen molar-refractivity contribution in [2.24, 2.45) is 5.10 Å². The molecule has 1 amide bonds. The van der Waals surface area contributed by atoms with Gasteiger partial charge in [0.1, 0.15) is 6.54 Å². The summed E-state index contributed by atoms with van der Waals surface area (Å²) in [5.41, 5.74) is 1.22. The van der Waals surface area contributed by atoms with E-state index >= 15 is 0 Å². The molecular formula is C22H16BrClF3N3O3S. The van der Waals surface area contributed by atoms with Crippen molar-refractivity contribution in [1.29, 1.82) is 0 Å². The molecule has 0 spiro atoms. The van der Waals surface area contributed by atoms with Gasteiger partial charge in [0, 0.05) is 10.0 Å². The summed E-state index contributed by atoms with van der Waals surface area (Å²) in [6.45, 7) is -0.830. The van der Waals surface area contributed by atoms with Crippen LogP contribution < -0.4 is 9.73 Å². The lowest BCUT2D eigenvalue weighted by atomic mass is 10.2. The van der Waals surface area contributed by atoms with Gasteiger partial charge in [-0.25, -0.2) is 13.8 Å². The van der Waals surface area contributed by atoms with Crippen LogP contribution in [0.15, 0.2) is 87.3 Å². The van der Waals surface area contributed by atoms with E-state index < -0.39 is 39.2 Å². The summed E-state index contributed by atoms with van der Waals surface area (Å²) in [6.07, 6.45) is -3.49. The Hall–Kier alpha value is -2.89. The highest BCUT2D eigenvalue weighted by atomic mass is 79.9. The van der Waals surface area contributed by atoms with E-state index in [4.69, 9.17) is 11.6 Å².